The number of anilines is 1. The van der Waals surface area contributed by atoms with E-state index in [1.165, 1.54) is 11.3 Å². The van der Waals surface area contributed by atoms with E-state index in [9.17, 15) is 8.42 Å². The molecular weight excluding hydrogens is 304 g/mol. The van der Waals surface area contributed by atoms with Crippen LogP contribution in [0.4, 0.5) is 5.69 Å². The van der Waals surface area contributed by atoms with E-state index in [-0.39, 0.29) is 4.21 Å². The van der Waals surface area contributed by atoms with E-state index in [0.717, 1.165) is 4.88 Å². The lowest BCUT2D eigenvalue weighted by atomic mass is 10.3. The summed E-state index contributed by atoms with van der Waals surface area (Å²) in [5.41, 5.74) is 5.82. The third-order valence-corrected chi connectivity index (χ3v) is 5.74. The largest absolute Gasteiger partial charge is 0.330 e. The molecule has 0 fully saturated rings. The standard InChI is InChI=1S/C12H13ClN2O2S2/c13-10-3-1-2-4-11(10)15-19(16,17)12-6-5-9(18-12)7-8-14/h1-6,15H,7-8,14H2. The molecule has 0 aliphatic heterocycles. The summed E-state index contributed by atoms with van der Waals surface area (Å²) in [4.78, 5) is 0.946. The first-order valence-electron chi connectivity index (χ1n) is 5.59. The third kappa shape index (κ3) is 3.48. The molecule has 2 aromatic rings. The molecule has 1 aromatic carbocycles. The highest BCUT2D eigenvalue weighted by atomic mass is 35.5. The van der Waals surface area contributed by atoms with Gasteiger partial charge in [0.05, 0.1) is 10.7 Å². The summed E-state index contributed by atoms with van der Waals surface area (Å²) in [5, 5.41) is 0.366. The van der Waals surface area contributed by atoms with E-state index in [0.29, 0.717) is 23.7 Å². The van der Waals surface area contributed by atoms with Crippen LogP contribution in [0.25, 0.3) is 0 Å². The Morgan fingerprint density at radius 2 is 1.95 bits per heavy atom. The van der Waals surface area contributed by atoms with Gasteiger partial charge in [0, 0.05) is 4.88 Å². The molecule has 0 radical (unpaired) electrons. The zero-order valence-electron chi connectivity index (χ0n) is 9.97. The van der Waals surface area contributed by atoms with Crippen LogP contribution in [0.3, 0.4) is 0 Å². The summed E-state index contributed by atoms with van der Waals surface area (Å²) < 4.78 is 27.1. The number of thiophene rings is 1. The summed E-state index contributed by atoms with van der Waals surface area (Å²) in [7, 11) is -3.59. The fourth-order valence-corrected chi connectivity index (χ4v) is 4.21. The van der Waals surface area contributed by atoms with Crippen LogP contribution < -0.4 is 10.5 Å². The van der Waals surface area contributed by atoms with Gasteiger partial charge >= 0.3 is 0 Å². The smallest absolute Gasteiger partial charge is 0.271 e. The molecule has 3 N–H and O–H groups in total. The Kier molecular flexibility index (Phi) is 4.46. The van der Waals surface area contributed by atoms with Crippen LogP contribution in [-0.2, 0) is 16.4 Å². The zero-order chi connectivity index (χ0) is 13.9. The van der Waals surface area contributed by atoms with Gasteiger partial charge in [0.15, 0.2) is 0 Å². The first-order chi connectivity index (χ1) is 9.03. The second kappa shape index (κ2) is 5.92. The van der Waals surface area contributed by atoms with Crippen molar-refractivity contribution in [3.8, 4) is 0 Å². The third-order valence-electron chi connectivity index (χ3n) is 2.41. The summed E-state index contributed by atoms with van der Waals surface area (Å²) in [5.74, 6) is 0. The molecule has 0 saturated carbocycles. The number of rotatable bonds is 5. The second-order valence-corrected chi connectivity index (χ2v) is 7.33. The minimum Gasteiger partial charge on any atom is -0.330 e. The normalized spacial score (nSPS) is 11.5. The quantitative estimate of drug-likeness (QED) is 0.891. The molecular formula is C12H13ClN2O2S2. The van der Waals surface area contributed by atoms with E-state index in [4.69, 9.17) is 17.3 Å². The highest BCUT2D eigenvalue weighted by molar-refractivity contribution is 7.94. The van der Waals surface area contributed by atoms with Crippen LogP contribution in [0, 0.1) is 0 Å². The van der Waals surface area contributed by atoms with Crippen LogP contribution >= 0.6 is 22.9 Å². The topological polar surface area (TPSA) is 72.2 Å². The van der Waals surface area contributed by atoms with Gasteiger partial charge in [-0.2, -0.15) is 0 Å². The highest BCUT2D eigenvalue weighted by Gasteiger charge is 2.17. The SMILES string of the molecule is NCCc1ccc(S(=O)(=O)Nc2ccccc2Cl)s1. The highest BCUT2D eigenvalue weighted by Crippen LogP contribution is 2.27. The van der Waals surface area contributed by atoms with Gasteiger partial charge < -0.3 is 5.73 Å². The van der Waals surface area contributed by atoms with Crippen molar-refractivity contribution in [2.24, 2.45) is 5.73 Å². The molecule has 0 amide bonds. The maximum atomic E-state index is 12.2. The molecule has 19 heavy (non-hydrogen) atoms. The summed E-state index contributed by atoms with van der Waals surface area (Å²) in [6.07, 6.45) is 0.673. The molecule has 0 bridgehead atoms. The molecule has 0 aliphatic rings. The minimum absolute atomic E-state index is 0.260. The Morgan fingerprint density at radius 3 is 2.63 bits per heavy atom. The molecule has 7 heteroatoms. The number of sulfonamides is 1. The molecule has 102 valence electrons. The molecule has 2 rings (SSSR count). The van der Waals surface area contributed by atoms with Crippen molar-refractivity contribution in [3.05, 3.63) is 46.3 Å². The van der Waals surface area contributed by atoms with Crippen molar-refractivity contribution in [3.63, 3.8) is 0 Å². The number of nitrogens with two attached hydrogens (primary N) is 1. The fourth-order valence-electron chi connectivity index (χ4n) is 1.52. The van der Waals surface area contributed by atoms with Gasteiger partial charge in [-0.1, -0.05) is 23.7 Å². The Labute approximate surface area is 121 Å². The maximum Gasteiger partial charge on any atom is 0.271 e. The van der Waals surface area contributed by atoms with E-state index >= 15 is 0 Å². The van der Waals surface area contributed by atoms with Crippen LogP contribution in [0.15, 0.2) is 40.6 Å². The van der Waals surface area contributed by atoms with Crippen LogP contribution in [-0.4, -0.2) is 15.0 Å². The predicted octanol–water partition coefficient (Wildman–Crippen LogP) is 2.70. The zero-order valence-corrected chi connectivity index (χ0v) is 12.4. The van der Waals surface area contributed by atoms with Crippen molar-refractivity contribution in [2.45, 2.75) is 10.6 Å². The monoisotopic (exact) mass is 316 g/mol. The molecule has 0 unspecified atom stereocenters. The summed E-state index contributed by atoms with van der Waals surface area (Å²) in [6, 6.07) is 10.1. The molecule has 0 atom stereocenters. The van der Waals surface area contributed by atoms with Crippen molar-refractivity contribution < 1.29 is 8.42 Å². The van der Waals surface area contributed by atoms with Crippen molar-refractivity contribution in [1.29, 1.82) is 0 Å². The van der Waals surface area contributed by atoms with Crippen molar-refractivity contribution in [1.82, 2.24) is 0 Å². The second-order valence-electron chi connectivity index (χ2n) is 3.84. The Balaban J connectivity index is 2.25. The summed E-state index contributed by atoms with van der Waals surface area (Å²) >= 11 is 7.15. The number of halogens is 1. The molecule has 1 aromatic heterocycles. The van der Waals surface area contributed by atoms with Gasteiger partial charge in [-0.05, 0) is 37.2 Å². The van der Waals surface area contributed by atoms with E-state index in [2.05, 4.69) is 4.72 Å². The first kappa shape index (κ1) is 14.3. The first-order valence-corrected chi connectivity index (χ1v) is 8.27. The Morgan fingerprint density at radius 1 is 1.21 bits per heavy atom. The van der Waals surface area contributed by atoms with Crippen molar-refractivity contribution in [2.75, 3.05) is 11.3 Å². The maximum absolute atomic E-state index is 12.2. The van der Waals surface area contributed by atoms with Gasteiger partial charge in [-0.3, -0.25) is 4.72 Å². The van der Waals surface area contributed by atoms with Gasteiger partial charge in [-0.15, -0.1) is 11.3 Å². The Bertz CT molecular complexity index is 668. The molecule has 4 nitrogen and oxygen atoms in total. The van der Waals surface area contributed by atoms with Gasteiger partial charge in [0.2, 0.25) is 0 Å². The molecule has 0 saturated heterocycles. The number of nitrogens with one attached hydrogen (secondary N) is 1. The minimum atomic E-state index is -3.59. The van der Waals surface area contributed by atoms with Crippen LogP contribution in [0.1, 0.15) is 4.88 Å². The van der Waals surface area contributed by atoms with Crippen molar-refractivity contribution >= 4 is 38.6 Å². The lowest BCUT2D eigenvalue weighted by Gasteiger charge is -2.07. The lowest BCUT2D eigenvalue weighted by molar-refractivity contribution is 0.603. The number of para-hydroxylation sites is 1. The summed E-state index contributed by atoms with van der Waals surface area (Å²) in [6.45, 7) is 0.498. The van der Waals surface area contributed by atoms with Crippen LogP contribution in [0.5, 0.6) is 0 Å². The van der Waals surface area contributed by atoms with E-state index in [1.807, 2.05) is 0 Å². The number of benzene rings is 1. The average molecular weight is 317 g/mol. The Hall–Kier alpha value is -1.08. The molecule has 0 spiro atoms. The fraction of sp³-hybridized carbons (Fsp3) is 0.167. The van der Waals surface area contributed by atoms with E-state index in [1.54, 1.807) is 36.4 Å². The van der Waals surface area contributed by atoms with E-state index < -0.39 is 10.0 Å². The predicted molar refractivity (Wildman–Crippen MR) is 79.3 cm³/mol. The van der Waals surface area contributed by atoms with Gasteiger partial charge in [-0.25, -0.2) is 8.42 Å². The molecule has 1 heterocycles. The van der Waals surface area contributed by atoms with Gasteiger partial charge in [0.25, 0.3) is 10.0 Å². The molecule has 0 aliphatic carbocycles. The number of hydrogen-bond donors (Lipinski definition) is 2. The van der Waals surface area contributed by atoms with Gasteiger partial charge in [0.1, 0.15) is 4.21 Å². The number of hydrogen-bond acceptors (Lipinski definition) is 4. The van der Waals surface area contributed by atoms with Crippen LogP contribution in [0.2, 0.25) is 5.02 Å². The average Bonchev–Trinajstić information content (AvgIpc) is 2.82. The lowest BCUT2D eigenvalue weighted by Crippen LogP contribution is -2.11.